The van der Waals surface area contributed by atoms with Gasteiger partial charge in [-0.3, -0.25) is 4.90 Å². The SMILES string of the molecule is COc1ccc(-c2noc(C3=C(C)N(Cc4cccs4)C(=O)NC3c3cccc(F)c3)n2)cc1F. The topological polar surface area (TPSA) is 80.5 Å². The number of urea groups is 1. The van der Waals surface area contributed by atoms with E-state index >= 15 is 0 Å². The van der Waals surface area contributed by atoms with Crippen molar-refractivity contribution in [3.05, 3.63) is 93.6 Å². The highest BCUT2D eigenvalue weighted by Crippen LogP contribution is 2.38. The number of nitrogens with one attached hydrogen (secondary N) is 1. The van der Waals surface area contributed by atoms with Crippen LogP contribution in [0.1, 0.15) is 29.3 Å². The molecular formula is C25H20F2N4O3S. The lowest BCUT2D eigenvalue weighted by molar-refractivity contribution is 0.203. The number of ether oxygens (including phenoxy) is 1. The van der Waals surface area contributed by atoms with Gasteiger partial charge in [0.25, 0.3) is 5.89 Å². The molecule has 0 bridgehead atoms. The minimum absolute atomic E-state index is 0.0985. The van der Waals surface area contributed by atoms with Gasteiger partial charge < -0.3 is 14.6 Å². The van der Waals surface area contributed by atoms with Gasteiger partial charge in [-0.2, -0.15) is 4.98 Å². The predicted octanol–water partition coefficient (Wildman–Crippen LogP) is 5.78. The third-order valence-corrected chi connectivity index (χ3v) is 6.60. The number of benzene rings is 2. The molecule has 2 aromatic heterocycles. The van der Waals surface area contributed by atoms with Crippen molar-refractivity contribution < 1.29 is 22.8 Å². The van der Waals surface area contributed by atoms with Crippen LogP contribution in [0.2, 0.25) is 0 Å². The molecule has 7 nitrogen and oxygen atoms in total. The van der Waals surface area contributed by atoms with Crippen molar-refractivity contribution in [3.8, 4) is 17.1 Å². The molecule has 178 valence electrons. The van der Waals surface area contributed by atoms with Crippen LogP contribution in [0.3, 0.4) is 0 Å². The molecule has 2 amide bonds. The molecule has 0 saturated carbocycles. The fourth-order valence-corrected chi connectivity index (χ4v) is 4.69. The zero-order valence-corrected chi connectivity index (χ0v) is 19.6. The Bertz CT molecular complexity index is 1420. The Morgan fingerprint density at radius 3 is 2.74 bits per heavy atom. The van der Waals surface area contributed by atoms with E-state index in [4.69, 9.17) is 9.26 Å². The lowest BCUT2D eigenvalue weighted by atomic mass is 9.94. The van der Waals surface area contributed by atoms with Crippen LogP contribution in [0.5, 0.6) is 5.75 Å². The second-order valence-corrected chi connectivity index (χ2v) is 8.91. The van der Waals surface area contributed by atoms with Gasteiger partial charge in [0.2, 0.25) is 5.82 Å². The summed E-state index contributed by atoms with van der Waals surface area (Å²) in [7, 11) is 1.38. The molecule has 35 heavy (non-hydrogen) atoms. The average molecular weight is 495 g/mol. The number of rotatable bonds is 6. The van der Waals surface area contributed by atoms with Crippen LogP contribution in [0, 0.1) is 11.6 Å². The maximum Gasteiger partial charge on any atom is 0.322 e. The maximum atomic E-state index is 14.2. The number of hydrogen-bond acceptors (Lipinski definition) is 6. The van der Waals surface area contributed by atoms with Gasteiger partial charge in [0.15, 0.2) is 11.6 Å². The van der Waals surface area contributed by atoms with E-state index in [1.54, 1.807) is 30.0 Å². The number of amides is 2. The molecule has 2 aromatic carbocycles. The standard InChI is InChI=1S/C25H20F2N4O3S/c1-14-21(24-29-23(30-34-24)16-8-9-20(33-2)19(27)12-16)22(15-5-3-6-17(26)11-15)28-25(32)31(14)13-18-7-4-10-35-18/h3-12,22H,13H2,1-2H3,(H,28,32). The third kappa shape index (κ3) is 4.40. The van der Waals surface area contributed by atoms with Gasteiger partial charge in [-0.05, 0) is 54.3 Å². The Morgan fingerprint density at radius 1 is 1.17 bits per heavy atom. The first kappa shape index (κ1) is 22.7. The van der Waals surface area contributed by atoms with Crippen LogP contribution in [0.15, 0.2) is 70.2 Å². The first-order valence-electron chi connectivity index (χ1n) is 10.7. The fourth-order valence-electron chi connectivity index (χ4n) is 4.00. The normalized spacial score (nSPS) is 15.9. The van der Waals surface area contributed by atoms with Gasteiger partial charge in [-0.1, -0.05) is 23.4 Å². The van der Waals surface area contributed by atoms with E-state index in [-0.39, 0.29) is 23.5 Å². The summed E-state index contributed by atoms with van der Waals surface area (Å²) in [6.45, 7) is 2.13. The highest BCUT2D eigenvalue weighted by molar-refractivity contribution is 7.09. The van der Waals surface area contributed by atoms with Gasteiger partial charge in [-0.25, -0.2) is 13.6 Å². The molecule has 1 aliphatic heterocycles. The number of hydrogen-bond donors (Lipinski definition) is 1. The molecule has 3 heterocycles. The second-order valence-electron chi connectivity index (χ2n) is 7.87. The van der Waals surface area contributed by atoms with E-state index in [0.717, 1.165) is 4.88 Å². The zero-order chi connectivity index (χ0) is 24.5. The predicted molar refractivity (Wildman–Crippen MR) is 126 cm³/mol. The van der Waals surface area contributed by atoms with Crippen molar-refractivity contribution in [1.29, 1.82) is 0 Å². The Balaban J connectivity index is 1.59. The number of carbonyl (C=O) groups is 1. The second kappa shape index (κ2) is 9.30. The van der Waals surface area contributed by atoms with Crippen molar-refractivity contribution in [2.45, 2.75) is 19.5 Å². The summed E-state index contributed by atoms with van der Waals surface area (Å²) in [4.78, 5) is 20.1. The van der Waals surface area contributed by atoms with Gasteiger partial charge in [0, 0.05) is 16.1 Å². The molecule has 1 N–H and O–H groups in total. The largest absolute Gasteiger partial charge is 0.494 e. The van der Waals surface area contributed by atoms with E-state index in [0.29, 0.717) is 28.9 Å². The Kier molecular flexibility index (Phi) is 6.04. The molecule has 4 aromatic rings. The summed E-state index contributed by atoms with van der Waals surface area (Å²) in [6.07, 6.45) is 0. The molecule has 5 rings (SSSR count). The molecule has 1 unspecified atom stereocenters. The number of thiophene rings is 1. The van der Waals surface area contributed by atoms with Crippen LogP contribution >= 0.6 is 11.3 Å². The molecule has 1 aliphatic rings. The molecule has 1 atom stereocenters. The molecule has 10 heteroatoms. The Hall–Kier alpha value is -4.05. The first-order chi connectivity index (χ1) is 16.9. The summed E-state index contributed by atoms with van der Waals surface area (Å²) in [6, 6.07) is 13.1. The molecule has 0 aliphatic carbocycles. The summed E-state index contributed by atoms with van der Waals surface area (Å²) >= 11 is 1.53. The van der Waals surface area contributed by atoms with Crippen LogP contribution in [-0.4, -0.2) is 28.2 Å². The van der Waals surface area contributed by atoms with Crippen LogP contribution < -0.4 is 10.1 Å². The minimum atomic E-state index is -0.723. The van der Waals surface area contributed by atoms with Crippen LogP contribution in [0.4, 0.5) is 13.6 Å². The van der Waals surface area contributed by atoms with E-state index in [1.165, 1.54) is 42.7 Å². The molecule has 0 saturated heterocycles. The zero-order valence-electron chi connectivity index (χ0n) is 18.8. The molecule has 0 radical (unpaired) electrons. The number of halogens is 2. The minimum Gasteiger partial charge on any atom is -0.494 e. The van der Waals surface area contributed by atoms with Crippen molar-refractivity contribution in [2.24, 2.45) is 0 Å². The van der Waals surface area contributed by atoms with Gasteiger partial charge >= 0.3 is 6.03 Å². The third-order valence-electron chi connectivity index (χ3n) is 5.74. The van der Waals surface area contributed by atoms with E-state index in [9.17, 15) is 13.6 Å². The highest BCUT2D eigenvalue weighted by atomic mass is 32.1. The number of carbonyl (C=O) groups excluding carboxylic acids is 1. The van der Waals surface area contributed by atoms with E-state index in [1.807, 2.05) is 17.5 Å². The first-order valence-corrected chi connectivity index (χ1v) is 11.6. The quantitative estimate of drug-likeness (QED) is 0.367. The Labute approximate surface area is 203 Å². The molecule has 0 spiro atoms. The fraction of sp³-hybridized carbons (Fsp3) is 0.160. The average Bonchev–Trinajstić information content (AvgIpc) is 3.54. The summed E-state index contributed by atoms with van der Waals surface area (Å²) in [5.74, 6) is -0.590. The molecular weight excluding hydrogens is 474 g/mol. The van der Waals surface area contributed by atoms with Crippen LogP contribution in [-0.2, 0) is 6.54 Å². The summed E-state index contributed by atoms with van der Waals surface area (Å²) < 4.78 is 38.9. The number of aromatic nitrogens is 2. The molecule has 0 fully saturated rings. The van der Waals surface area contributed by atoms with Crippen molar-refractivity contribution >= 4 is 22.9 Å². The maximum absolute atomic E-state index is 14.2. The van der Waals surface area contributed by atoms with Crippen molar-refractivity contribution in [2.75, 3.05) is 7.11 Å². The van der Waals surface area contributed by atoms with Gasteiger partial charge in [-0.15, -0.1) is 11.3 Å². The summed E-state index contributed by atoms with van der Waals surface area (Å²) in [5, 5.41) is 8.90. The Morgan fingerprint density at radius 2 is 2.03 bits per heavy atom. The van der Waals surface area contributed by atoms with Crippen molar-refractivity contribution in [3.63, 3.8) is 0 Å². The van der Waals surface area contributed by atoms with Crippen LogP contribution in [0.25, 0.3) is 17.0 Å². The van der Waals surface area contributed by atoms with Crippen molar-refractivity contribution in [1.82, 2.24) is 20.4 Å². The van der Waals surface area contributed by atoms with E-state index in [2.05, 4.69) is 15.5 Å². The highest BCUT2D eigenvalue weighted by Gasteiger charge is 2.36. The number of nitrogens with zero attached hydrogens (tertiary/aromatic N) is 3. The number of allylic oxidation sites excluding steroid dienone is 1. The smallest absolute Gasteiger partial charge is 0.322 e. The van der Waals surface area contributed by atoms with E-state index < -0.39 is 17.7 Å². The lowest BCUT2D eigenvalue weighted by Crippen LogP contribution is -2.45. The number of methoxy groups -OCH3 is 1. The summed E-state index contributed by atoms with van der Waals surface area (Å²) in [5.41, 5.74) is 2.04. The van der Waals surface area contributed by atoms with Gasteiger partial charge in [0.05, 0.1) is 25.3 Å². The monoisotopic (exact) mass is 494 g/mol. The lowest BCUT2D eigenvalue weighted by Gasteiger charge is -2.35. The van der Waals surface area contributed by atoms with Gasteiger partial charge in [0.1, 0.15) is 5.82 Å².